The summed E-state index contributed by atoms with van der Waals surface area (Å²) >= 11 is 0. The highest BCUT2D eigenvalue weighted by atomic mass is 16.5. The van der Waals surface area contributed by atoms with Crippen LogP contribution >= 0.6 is 0 Å². The summed E-state index contributed by atoms with van der Waals surface area (Å²) in [5.41, 5.74) is 0. The van der Waals surface area contributed by atoms with E-state index >= 15 is 0 Å². The van der Waals surface area contributed by atoms with Gasteiger partial charge in [-0.3, -0.25) is 0 Å². The van der Waals surface area contributed by atoms with Crippen molar-refractivity contribution in [2.24, 2.45) is 0 Å². The predicted molar refractivity (Wildman–Crippen MR) is 40.4 cm³/mol. The highest BCUT2D eigenvalue weighted by Crippen LogP contribution is 2.06. The number of hydrogen-bond donors (Lipinski definition) is 2. The van der Waals surface area contributed by atoms with E-state index in [1.54, 1.807) is 6.92 Å². The molecule has 0 saturated heterocycles. The van der Waals surface area contributed by atoms with Crippen molar-refractivity contribution in [2.45, 2.75) is 25.2 Å². The molecular weight excluding hydrogens is 148 g/mol. The summed E-state index contributed by atoms with van der Waals surface area (Å²) < 4.78 is 9.85. The SMILES string of the molecule is CO[C@H]([C@@H](O)CO)[C@@H](C)OC. The Balaban J connectivity index is 3.92. The predicted octanol–water partition coefficient (Wildman–Crippen LogP) is -0.611. The van der Waals surface area contributed by atoms with Gasteiger partial charge in [0.2, 0.25) is 0 Å². The van der Waals surface area contributed by atoms with Crippen LogP contribution in [-0.4, -0.2) is 49.4 Å². The third kappa shape index (κ3) is 3.16. The van der Waals surface area contributed by atoms with Crippen LogP contribution in [0.5, 0.6) is 0 Å². The zero-order chi connectivity index (χ0) is 8.85. The first-order valence-corrected chi connectivity index (χ1v) is 3.51. The van der Waals surface area contributed by atoms with Gasteiger partial charge in [-0.15, -0.1) is 0 Å². The second-order valence-corrected chi connectivity index (χ2v) is 2.39. The molecule has 68 valence electrons. The quantitative estimate of drug-likeness (QED) is 0.569. The molecule has 2 N–H and O–H groups in total. The van der Waals surface area contributed by atoms with Crippen LogP contribution in [-0.2, 0) is 9.47 Å². The van der Waals surface area contributed by atoms with Crippen molar-refractivity contribution in [2.75, 3.05) is 20.8 Å². The normalized spacial score (nSPS) is 19.4. The minimum Gasteiger partial charge on any atom is -0.394 e. The molecule has 0 saturated carbocycles. The van der Waals surface area contributed by atoms with Gasteiger partial charge in [-0.2, -0.15) is 0 Å². The minimum absolute atomic E-state index is 0.220. The van der Waals surface area contributed by atoms with Crippen molar-refractivity contribution < 1.29 is 19.7 Å². The number of methoxy groups -OCH3 is 2. The number of ether oxygens (including phenoxy) is 2. The van der Waals surface area contributed by atoms with Crippen molar-refractivity contribution in [3.05, 3.63) is 0 Å². The first kappa shape index (κ1) is 10.8. The van der Waals surface area contributed by atoms with Gasteiger partial charge in [0, 0.05) is 14.2 Å². The lowest BCUT2D eigenvalue weighted by Gasteiger charge is -2.24. The lowest BCUT2D eigenvalue weighted by atomic mass is 10.1. The monoisotopic (exact) mass is 164 g/mol. The van der Waals surface area contributed by atoms with Gasteiger partial charge in [-0.05, 0) is 6.92 Å². The first-order valence-electron chi connectivity index (χ1n) is 3.51. The van der Waals surface area contributed by atoms with Crippen LogP contribution in [0.3, 0.4) is 0 Å². The van der Waals surface area contributed by atoms with Crippen LogP contribution in [0.15, 0.2) is 0 Å². The molecule has 0 bridgehead atoms. The molecule has 0 rings (SSSR count). The Kier molecular flexibility index (Phi) is 5.41. The van der Waals surface area contributed by atoms with Crippen LogP contribution in [0, 0.1) is 0 Å². The van der Waals surface area contributed by atoms with E-state index in [1.807, 2.05) is 0 Å². The van der Waals surface area contributed by atoms with Gasteiger partial charge in [0.15, 0.2) is 0 Å². The van der Waals surface area contributed by atoms with Crippen molar-refractivity contribution >= 4 is 0 Å². The highest BCUT2D eigenvalue weighted by molar-refractivity contribution is 4.73. The molecule has 3 atom stereocenters. The molecule has 4 nitrogen and oxygen atoms in total. The van der Waals surface area contributed by atoms with Gasteiger partial charge in [-0.1, -0.05) is 0 Å². The van der Waals surface area contributed by atoms with Crippen LogP contribution < -0.4 is 0 Å². The fourth-order valence-electron chi connectivity index (χ4n) is 0.900. The smallest absolute Gasteiger partial charge is 0.111 e. The van der Waals surface area contributed by atoms with E-state index in [2.05, 4.69) is 0 Å². The Hall–Kier alpha value is -0.160. The number of aliphatic hydroxyl groups excluding tert-OH is 2. The van der Waals surface area contributed by atoms with Gasteiger partial charge >= 0.3 is 0 Å². The van der Waals surface area contributed by atoms with Crippen LogP contribution in [0.4, 0.5) is 0 Å². The average molecular weight is 164 g/mol. The van der Waals surface area contributed by atoms with E-state index in [1.165, 1.54) is 14.2 Å². The average Bonchev–Trinajstić information content (AvgIpc) is 2.05. The molecule has 4 heteroatoms. The number of rotatable bonds is 5. The van der Waals surface area contributed by atoms with Crippen molar-refractivity contribution in [3.8, 4) is 0 Å². The van der Waals surface area contributed by atoms with E-state index < -0.39 is 12.2 Å². The third-order valence-corrected chi connectivity index (χ3v) is 1.67. The maximum atomic E-state index is 9.16. The first-order chi connectivity index (χ1) is 5.17. The molecule has 0 spiro atoms. The molecule has 0 fully saturated rings. The summed E-state index contributed by atoms with van der Waals surface area (Å²) in [5, 5.41) is 17.8. The zero-order valence-corrected chi connectivity index (χ0v) is 7.15. The van der Waals surface area contributed by atoms with Crippen LogP contribution in [0.25, 0.3) is 0 Å². The molecule has 0 aromatic heterocycles. The molecule has 0 radical (unpaired) electrons. The fourth-order valence-corrected chi connectivity index (χ4v) is 0.900. The molecule has 0 aromatic carbocycles. The largest absolute Gasteiger partial charge is 0.394 e. The molecule has 0 aromatic rings. The molecule has 0 aliphatic heterocycles. The molecule has 0 aliphatic carbocycles. The van der Waals surface area contributed by atoms with E-state index in [4.69, 9.17) is 19.7 Å². The van der Waals surface area contributed by atoms with E-state index in [9.17, 15) is 0 Å². The maximum Gasteiger partial charge on any atom is 0.111 e. The highest BCUT2D eigenvalue weighted by Gasteiger charge is 2.23. The summed E-state index contributed by atoms with van der Waals surface area (Å²) in [6.45, 7) is 1.46. The lowest BCUT2D eigenvalue weighted by Crippen LogP contribution is -2.40. The van der Waals surface area contributed by atoms with Crippen LogP contribution in [0.2, 0.25) is 0 Å². The van der Waals surface area contributed by atoms with Gasteiger partial charge < -0.3 is 19.7 Å². The second kappa shape index (κ2) is 5.49. The molecule has 0 heterocycles. The molecule has 11 heavy (non-hydrogen) atoms. The van der Waals surface area contributed by atoms with Gasteiger partial charge in [0.1, 0.15) is 12.2 Å². The molecular formula is C7H16O4. The molecule has 0 amide bonds. The summed E-state index contributed by atoms with van der Waals surface area (Å²) in [6.07, 6.45) is -1.57. The summed E-state index contributed by atoms with van der Waals surface area (Å²) in [7, 11) is 3.00. The van der Waals surface area contributed by atoms with E-state index in [0.717, 1.165) is 0 Å². The van der Waals surface area contributed by atoms with E-state index in [-0.39, 0.29) is 12.7 Å². The fraction of sp³-hybridized carbons (Fsp3) is 1.00. The third-order valence-electron chi connectivity index (χ3n) is 1.67. The number of hydrogen-bond acceptors (Lipinski definition) is 4. The van der Waals surface area contributed by atoms with Crippen molar-refractivity contribution in [1.82, 2.24) is 0 Å². The van der Waals surface area contributed by atoms with Crippen LogP contribution in [0.1, 0.15) is 6.92 Å². The van der Waals surface area contributed by atoms with Gasteiger partial charge in [-0.25, -0.2) is 0 Å². The Labute approximate surface area is 66.7 Å². The second-order valence-electron chi connectivity index (χ2n) is 2.39. The van der Waals surface area contributed by atoms with Gasteiger partial charge in [0.05, 0.1) is 12.7 Å². The Morgan fingerprint density at radius 3 is 2.09 bits per heavy atom. The zero-order valence-electron chi connectivity index (χ0n) is 7.15. The van der Waals surface area contributed by atoms with Crippen molar-refractivity contribution in [3.63, 3.8) is 0 Å². The maximum absolute atomic E-state index is 9.16. The molecule has 0 unspecified atom stereocenters. The summed E-state index contributed by atoms with van der Waals surface area (Å²) in [6, 6.07) is 0. The number of aliphatic hydroxyl groups is 2. The summed E-state index contributed by atoms with van der Waals surface area (Å²) in [4.78, 5) is 0. The topological polar surface area (TPSA) is 58.9 Å². The Morgan fingerprint density at radius 2 is 1.82 bits per heavy atom. The Bertz CT molecular complexity index is 86.4. The standard InChI is InChI=1S/C7H16O4/c1-5(10-2)7(11-3)6(9)4-8/h5-9H,4H2,1-3H3/t5-,6+,7+/m1/s1. The van der Waals surface area contributed by atoms with Gasteiger partial charge in [0.25, 0.3) is 0 Å². The van der Waals surface area contributed by atoms with E-state index in [0.29, 0.717) is 0 Å². The summed E-state index contributed by atoms with van der Waals surface area (Å²) in [5.74, 6) is 0. The minimum atomic E-state index is -0.880. The Morgan fingerprint density at radius 1 is 1.27 bits per heavy atom. The molecule has 0 aliphatic rings. The van der Waals surface area contributed by atoms with Crippen molar-refractivity contribution in [1.29, 1.82) is 0 Å². The lowest BCUT2D eigenvalue weighted by molar-refractivity contribution is -0.101.